The number of nitro benzene ring substituents is 1. The minimum Gasteiger partial charge on any atom is -0.480 e. The highest BCUT2D eigenvalue weighted by Gasteiger charge is 2.24. The molecule has 1 aliphatic heterocycles. The van der Waals surface area contributed by atoms with Gasteiger partial charge in [-0.1, -0.05) is 15.9 Å². The van der Waals surface area contributed by atoms with Crippen molar-refractivity contribution >= 4 is 33.3 Å². The zero-order valence-electron chi connectivity index (χ0n) is 10.7. The first-order valence-corrected chi connectivity index (χ1v) is 6.89. The largest absolute Gasteiger partial charge is 0.480 e. The molecule has 1 aromatic carbocycles. The van der Waals surface area contributed by atoms with Gasteiger partial charge in [0, 0.05) is 36.7 Å². The maximum atomic E-state index is 11.1. The Morgan fingerprint density at radius 3 is 2.55 bits per heavy atom. The van der Waals surface area contributed by atoms with Crippen LogP contribution in [0.3, 0.4) is 0 Å². The van der Waals surface area contributed by atoms with E-state index in [9.17, 15) is 14.9 Å². The van der Waals surface area contributed by atoms with E-state index in [1.807, 2.05) is 9.80 Å². The summed E-state index contributed by atoms with van der Waals surface area (Å²) in [6, 6.07) is 4.84. The number of halogens is 1. The van der Waals surface area contributed by atoms with Gasteiger partial charge < -0.3 is 10.0 Å². The summed E-state index contributed by atoms with van der Waals surface area (Å²) in [7, 11) is 0. The van der Waals surface area contributed by atoms with Gasteiger partial charge in [0.15, 0.2) is 0 Å². The summed E-state index contributed by atoms with van der Waals surface area (Å²) in [6.07, 6.45) is 0. The van der Waals surface area contributed by atoms with Crippen LogP contribution >= 0.6 is 15.9 Å². The summed E-state index contributed by atoms with van der Waals surface area (Å²) in [5, 5.41) is 19.8. The lowest BCUT2D eigenvalue weighted by Gasteiger charge is -2.35. The van der Waals surface area contributed by atoms with Crippen LogP contribution in [0.4, 0.5) is 11.4 Å². The number of carbonyl (C=O) groups is 1. The zero-order valence-corrected chi connectivity index (χ0v) is 12.2. The van der Waals surface area contributed by atoms with Crippen LogP contribution in [0, 0.1) is 10.1 Å². The van der Waals surface area contributed by atoms with Crippen LogP contribution in [0.15, 0.2) is 22.7 Å². The predicted molar refractivity (Wildman–Crippen MR) is 77.1 cm³/mol. The van der Waals surface area contributed by atoms with Crippen LogP contribution in [0.25, 0.3) is 0 Å². The van der Waals surface area contributed by atoms with Crippen LogP contribution in [-0.2, 0) is 4.79 Å². The van der Waals surface area contributed by atoms with Crippen LogP contribution < -0.4 is 4.90 Å². The van der Waals surface area contributed by atoms with Crippen molar-refractivity contribution in [3.8, 4) is 0 Å². The molecule has 7 nitrogen and oxygen atoms in total. The average molecular weight is 344 g/mol. The number of nitro groups is 1. The molecule has 0 saturated carbocycles. The molecule has 1 fully saturated rings. The normalized spacial score (nSPS) is 16.1. The minimum atomic E-state index is -0.855. The fourth-order valence-electron chi connectivity index (χ4n) is 2.24. The second kappa shape index (κ2) is 6.19. The van der Waals surface area contributed by atoms with Crippen molar-refractivity contribution < 1.29 is 14.8 Å². The molecule has 1 saturated heterocycles. The molecule has 0 spiro atoms. The molecule has 1 aliphatic rings. The lowest BCUT2D eigenvalue weighted by Crippen LogP contribution is -2.48. The molecule has 0 aromatic heterocycles. The summed E-state index contributed by atoms with van der Waals surface area (Å²) in [6.45, 7) is 2.31. The molecule has 2 rings (SSSR count). The van der Waals surface area contributed by atoms with E-state index in [-0.39, 0.29) is 12.2 Å². The number of aliphatic carboxylic acids is 1. The Bertz CT molecular complexity index is 529. The van der Waals surface area contributed by atoms with E-state index < -0.39 is 10.9 Å². The molecule has 1 N–H and O–H groups in total. The van der Waals surface area contributed by atoms with E-state index in [2.05, 4.69) is 15.9 Å². The SMILES string of the molecule is O=C(O)CN1CCN(c2cc(Br)ccc2[N+](=O)[O-])CC1. The summed E-state index contributed by atoms with van der Waals surface area (Å²) in [5.41, 5.74) is 0.638. The Morgan fingerprint density at radius 2 is 2.00 bits per heavy atom. The van der Waals surface area contributed by atoms with Crippen molar-refractivity contribution in [2.24, 2.45) is 0 Å². The predicted octanol–water partition coefficient (Wildman–Crippen LogP) is 1.56. The van der Waals surface area contributed by atoms with Crippen molar-refractivity contribution in [1.82, 2.24) is 4.90 Å². The summed E-state index contributed by atoms with van der Waals surface area (Å²) in [5.74, 6) is -0.855. The number of benzene rings is 1. The second-order valence-corrected chi connectivity index (χ2v) is 5.46. The Balaban J connectivity index is 2.12. The van der Waals surface area contributed by atoms with E-state index in [1.165, 1.54) is 6.07 Å². The van der Waals surface area contributed by atoms with Crippen molar-refractivity contribution in [2.45, 2.75) is 0 Å². The highest BCUT2D eigenvalue weighted by atomic mass is 79.9. The fraction of sp³-hybridized carbons (Fsp3) is 0.417. The fourth-order valence-corrected chi connectivity index (χ4v) is 2.59. The minimum absolute atomic E-state index is 0.00835. The van der Waals surface area contributed by atoms with Gasteiger partial charge in [-0.15, -0.1) is 0 Å². The van der Waals surface area contributed by atoms with Crippen molar-refractivity contribution in [3.05, 3.63) is 32.8 Å². The number of hydrogen-bond acceptors (Lipinski definition) is 5. The topological polar surface area (TPSA) is 86.9 Å². The highest BCUT2D eigenvalue weighted by Crippen LogP contribution is 2.31. The first-order valence-electron chi connectivity index (χ1n) is 6.10. The Morgan fingerprint density at radius 1 is 1.35 bits per heavy atom. The van der Waals surface area contributed by atoms with E-state index in [0.29, 0.717) is 31.9 Å². The van der Waals surface area contributed by atoms with Gasteiger partial charge in [-0.05, 0) is 12.1 Å². The molecule has 0 bridgehead atoms. The first kappa shape index (κ1) is 14.7. The standard InChI is InChI=1S/C12H14BrN3O4/c13-9-1-2-10(16(19)20)11(7-9)15-5-3-14(4-6-15)8-12(17)18/h1-2,7H,3-6,8H2,(H,17,18). The van der Waals surface area contributed by atoms with Gasteiger partial charge >= 0.3 is 5.97 Å². The van der Waals surface area contributed by atoms with Gasteiger partial charge in [0.1, 0.15) is 5.69 Å². The summed E-state index contributed by atoms with van der Waals surface area (Å²) >= 11 is 3.32. The molecule has 0 amide bonds. The summed E-state index contributed by atoms with van der Waals surface area (Å²) in [4.78, 5) is 25.1. The van der Waals surface area contributed by atoms with Gasteiger partial charge in [0.25, 0.3) is 5.69 Å². The van der Waals surface area contributed by atoms with Gasteiger partial charge in [-0.25, -0.2) is 0 Å². The van der Waals surface area contributed by atoms with Gasteiger partial charge in [-0.2, -0.15) is 0 Å². The van der Waals surface area contributed by atoms with E-state index in [0.717, 1.165) is 4.47 Å². The Kier molecular flexibility index (Phi) is 4.56. The zero-order chi connectivity index (χ0) is 14.7. The van der Waals surface area contributed by atoms with Gasteiger partial charge in [-0.3, -0.25) is 19.8 Å². The molecule has 0 radical (unpaired) electrons. The number of anilines is 1. The van der Waals surface area contributed by atoms with Gasteiger partial charge in [0.05, 0.1) is 11.5 Å². The molecule has 1 heterocycles. The number of nitrogens with zero attached hydrogens (tertiary/aromatic N) is 3. The third kappa shape index (κ3) is 3.45. The quantitative estimate of drug-likeness (QED) is 0.659. The monoisotopic (exact) mass is 343 g/mol. The molecular formula is C12H14BrN3O4. The van der Waals surface area contributed by atoms with Crippen molar-refractivity contribution in [2.75, 3.05) is 37.6 Å². The Labute approximate surface area is 124 Å². The van der Waals surface area contributed by atoms with Crippen molar-refractivity contribution in [3.63, 3.8) is 0 Å². The van der Waals surface area contributed by atoms with Crippen LogP contribution in [0.5, 0.6) is 0 Å². The lowest BCUT2D eigenvalue weighted by molar-refractivity contribution is -0.384. The number of rotatable bonds is 4. The third-order valence-corrected chi connectivity index (χ3v) is 3.70. The maximum Gasteiger partial charge on any atom is 0.317 e. The highest BCUT2D eigenvalue weighted by molar-refractivity contribution is 9.10. The van der Waals surface area contributed by atoms with E-state index in [4.69, 9.17) is 5.11 Å². The van der Waals surface area contributed by atoms with Crippen LogP contribution in [0.2, 0.25) is 0 Å². The summed E-state index contributed by atoms with van der Waals surface area (Å²) < 4.78 is 0.783. The van der Waals surface area contributed by atoms with Gasteiger partial charge in [0.2, 0.25) is 0 Å². The molecule has 1 aromatic rings. The first-order chi connectivity index (χ1) is 9.47. The smallest absolute Gasteiger partial charge is 0.317 e. The molecule has 20 heavy (non-hydrogen) atoms. The molecule has 8 heteroatoms. The van der Waals surface area contributed by atoms with Crippen LogP contribution in [0.1, 0.15) is 0 Å². The number of carboxylic acids is 1. The van der Waals surface area contributed by atoms with E-state index >= 15 is 0 Å². The molecule has 0 aliphatic carbocycles. The van der Waals surface area contributed by atoms with Crippen LogP contribution in [-0.4, -0.2) is 53.6 Å². The number of piperazine rings is 1. The molecule has 0 unspecified atom stereocenters. The van der Waals surface area contributed by atoms with Crippen molar-refractivity contribution in [1.29, 1.82) is 0 Å². The Hall–Kier alpha value is -1.67. The molecule has 0 atom stereocenters. The number of carboxylic acid groups (broad SMARTS) is 1. The molecule has 108 valence electrons. The molecular weight excluding hydrogens is 330 g/mol. The maximum absolute atomic E-state index is 11.1. The van der Waals surface area contributed by atoms with E-state index in [1.54, 1.807) is 12.1 Å². The lowest BCUT2D eigenvalue weighted by atomic mass is 10.2. The third-order valence-electron chi connectivity index (χ3n) is 3.21. The average Bonchev–Trinajstić information content (AvgIpc) is 2.38. The number of hydrogen-bond donors (Lipinski definition) is 1. The second-order valence-electron chi connectivity index (χ2n) is 4.55.